The first kappa shape index (κ1) is 12.9. The third-order valence-electron chi connectivity index (χ3n) is 4.28. The maximum atomic E-state index is 12.7. The van der Waals surface area contributed by atoms with Gasteiger partial charge < -0.3 is 14.7 Å². The maximum absolute atomic E-state index is 12.7. The topological polar surface area (TPSA) is 79.7 Å². The summed E-state index contributed by atoms with van der Waals surface area (Å²) < 4.78 is 5.12. The number of hydrogen-bond donors (Lipinski definition) is 1. The average Bonchev–Trinajstić information content (AvgIpc) is 3.04. The highest BCUT2D eigenvalue weighted by atomic mass is 16.5. The van der Waals surface area contributed by atoms with Gasteiger partial charge in [0, 0.05) is 18.3 Å². The summed E-state index contributed by atoms with van der Waals surface area (Å²) in [6.07, 6.45) is 3.75. The van der Waals surface area contributed by atoms with Crippen molar-refractivity contribution in [1.29, 1.82) is 0 Å². The molecule has 3 atom stereocenters. The van der Waals surface area contributed by atoms with E-state index < -0.39 is 11.9 Å². The molecule has 6 heteroatoms. The third-order valence-corrected chi connectivity index (χ3v) is 4.28. The first-order chi connectivity index (χ1) is 9.63. The summed E-state index contributed by atoms with van der Waals surface area (Å²) in [6, 6.07) is 3.18. The highest BCUT2D eigenvalue weighted by molar-refractivity contribution is 5.97. The number of carboxylic acids is 1. The molecule has 0 radical (unpaired) electrons. The molecule has 1 N–H and O–H groups in total. The number of carbonyl (C=O) groups is 2. The van der Waals surface area contributed by atoms with Crippen LogP contribution in [0.1, 0.15) is 29.6 Å². The van der Waals surface area contributed by atoms with Gasteiger partial charge in [0.2, 0.25) is 5.88 Å². The van der Waals surface area contributed by atoms with E-state index in [1.54, 1.807) is 23.2 Å². The summed E-state index contributed by atoms with van der Waals surface area (Å²) in [5.41, 5.74) is 0.401. The van der Waals surface area contributed by atoms with Crippen LogP contribution in [0.15, 0.2) is 18.3 Å². The number of methoxy groups -OCH3 is 1. The Hall–Kier alpha value is -2.11. The van der Waals surface area contributed by atoms with Crippen LogP contribution >= 0.6 is 0 Å². The predicted octanol–water partition coefficient (Wildman–Crippen LogP) is 1.17. The van der Waals surface area contributed by atoms with Crippen molar-refractivity contribution in [3.63, 3.8) is 0 Å². The maximum Gasteiger partial charge on any atom is 0.308 e. The summed E-state index contributed by atoms with van der Waals surface area (Å²) in [7, 11) is 1.47. The lowest BCUT2D eigenvalue weighted by Gasteiger charge is -2.23. The molecule has 106 valence electrons. The highest BCUT2D eigenvalue weighted by Crippen LogP contribution is 2.43. The van der Waals surface area contributed by atoms with Crippen LogP contribution in [0.2, 0.25) is 0 Å². The molecular weight excluding hydrogens is 260 g/mol. The van der Waals surface area contributed by atoms with Gasteiger partial charge in [0.1, 0.15) is 5.56 Å². The SMILES string of the molecule is COc1ncccc1C(=O)N1C2CCC1C(C(=O)O)C2. The molecule has 1 aromatic heterocycles. The minimum atomic E-state index is -0.812. The van der Waals surface area contributed by atoms with E-state index in [0.29, 0.717) is 12.0 Å². The molecule has 2 saturated heterocycles. The Morgan fingerprint density at radius 2 is 2.25 bits per heavy atom. The van der Waals surface area contributed by atoms with E-state index in [4.69, 9.17) is 4.74 Å². The molecule has 2 bridgehead atoms. The molecule has 0 aromatic carbocycles. The zero-order valence-corrected chi connectivity index (χ0v) is 11.2. The Morgan fingerprint density at radius 1 is 1.45 bits per heavy atom. The highest BCUT2D eigenvalue weighted by Gasteiger charge is 2.51. The van der Waals surface area contributed by atoms with Crippen LogP contribution in [0.3, 0.4) is 0 Å². The Kier molecular flexibility index (Phi) is 3.08. The summed E-state index contributed by atoms with van der Waals surface area (Å²) in [5, 5.41) is 9.23. The van der Waals surface area contributed by atoms with Crippen LogP contribution in [-0.2, 0) is 4.79 Å². The molecule has 3 heterocycles. The van der Waals surface area contributed by atoms with Crippen LogP contribution in [-0.4, -0.2) is 46.1 Å². The van der Waals surface area contributed by atoms with Crippen LogP contribution in [0, 0.1) is 5.92 Å². The van der Waals surface area contributed by atoms with Crippen molar-refractivity contribution in [3.05, 3.63) is 23.9 Å². The monoisotopic (exact) mass is 276 g/mol. The van der Waals surface area contributed by atoms with Crippen molar-refractivity contribution in [2.24, 2.45) is 5.92 Å². The molecule has 20 heavy (non-hydrogen) atoms. The van der Waals surface area contributed by atoms with Crippen molar-refractivity contribution in [1.82, 2.24) is 9.88 Å². The smallest absolute Gasteiger partial charge is 0.308 e. The number of fused-ring (bicyclic) bond motifs is 2. The second-order valence-corrected chi connectivity index (χ2v) is 5.25. The van der Waals surface area contributed by atoms with Crippen LogP contribution in [0.4, 0.5) is 0 Å². The molecule has 0 saturated carbocycles. The minimum absolute atomic E-state index is 0.0264. The van der Waals surface area contributed by atoms with Crippen molar-refractivity contribution in [2.75, 3.05) is 7.11 Å². The van der Waals surface area contributed by atoms with Gasteiger partial charge in [-0.05, 0) is 31.4 Å². The lowest BCUT2D eigenvalue weighted by atomic mass is 9.89. The fourth-order valence-electron chi connectivity index (χ4n) is 3.43. The summed E-state index contributed by atoms with van der Waals surface area (Å²) in [5.74, 6) is -1.14. The number of nitrogens with zero attached hydrogens (tertiary/aromatic N) is 2. The molecule has 2 aliphatic rings. The van der Waals surface area contributed by atoms with E-state index in [9.17, 15) is 14.7 Å². The number of rotatable bonds is 3. The fourth-order valence-corrected chi connectivity index (χ4v) is 3.43. The van der Waals surface area contributed by atoms with Crippen LogP contribution in [0.5, 0.6) is 5.88 Å². The normalized spacial score (nSPS) is 27.6. The minimum Gasteiger partial charge on any atom is -0.481 e. The van der Waals surface area contributed by atoms with E-state index in [-0.39, 0.29) is 23.9 Å². The van der Waals surface area contributed by atoms with E-state index in [0.717, 1.165) is 12.8 Å². The van der Waals surface area contributed by atoms with Gasteiger partial charge in [-0.3, -0.25) is 9.59 Å². The van der Waals surface area contributed by atoms with Crippen molar-refractivity contribution < 1.29 is 19.4 Å². The Labute approximate surface area is 116 Å². The van der Waals surface area contributed by atoms with E-state index in [1.807, 2.05) is 0 Å². The Balaban J connectivity index is 1.90. The van der Waals surface area contributed by atoms with Gasteiger partial charge in [-0.25, -0.2) is 4.98 Å². The summed E-state index contributed by atoms with van der Waals surface area (Å²) >= 11 is 0. The van der Waals surface area contributed by atoms with Gasteiger partial charge in [0.05, 0.1) is 13.0 Å². The first-order valence-corrected chi connectivity index (χ1v) is 6.68. The van der Waals surface area contributed by atoms with Gasteiger partial charge in [-0.15, -0.1) is 0 Å². The predicted molar refractivity (Wildman–Crippen MR) is 69.5 cm³/mol. The van der Waals surface area contributed by atoms with Crippen molar-refractivity contribution in [2.45, 2.75) is 31.3 Å². The van der Waals surface area contributed by atoms with Gasteiger partial charge >= 0.3 is 5.97 Å². The lowest BCUT2D eigenvalue weighted by Crippen LogP contribution is -2.38. The fraction of sp³-hybridized carbons (Fsp3) is 0.500. The van der Waals surface area contributed by atoms with Crippen LogP contribution < -0.4 is 4.74 Å². The molecule has 2 fully saturated rings. The number of carbonyl (C=O) groups excluding carboxylic acids is 1. The molecule has 1 amide bonds. The average molecular weight is 276 g/mol. The van der Waals surface area contributed by atoms with E-state index in [1.165, 1.54) is 7.11 Å². The third kappa shape index (κ3) is 1.83. The second-order valence-electron chi connectivity index (χ2n) is 5.25. The number of aromatic nitrogens is 1. The van der Waals surface area contributed by atoms with Gasteiger partial charge in [0.15, 0.2) is 0 Å². The number of aliphatic carboxylic acids is 1. The zero-order chi connectivity index (χ0) is 14.3. The van der Waals surface area contributed by atoms with Gasteiger partial charge in [-0.2, -0.15) is 0 Å². The quantitative estimate of drug-likeness (QED) is 0.896. The van der Waals surface area contributed by atoms with E-state index in [2.05, 4.69) is 4.98 Å². The zero-order valence-electron chi connectivity index (χ0n) is 11.2. The van der Waals surface area contributed by atoms with Gasteiger partial charge in [0.25, 0.3) is 5.91 Å². The molecule has 1 aromatic rings. The molecule has 3 rings (SSSR count). The van der Waals surface area contributed by atoms with Gasteiger partial charge in [-0.1, -0.05) is 0 Å². The number of pyridine rings is 1. The van der Waals surface area contributed by atoms with E-state index >= 15 is 0 Å². The molecule has 0 aliphatic carbocycles. The lowest BCUT2D eigenvalue weighted by molar-refractivity contribution is -0.142. The molecule has 0 spiro atoms. The molecule has 3 unspecified atom stereocenters. The van der Waals surface area contributed by atoms with Crippen molar-refractivity contribution in [3.8, 4) is 5.88 Å². The Morgan fingerprint density at radius 3 is 2.90 bits per heavy atom. The largest absolute Gasteiger partial charge is 0.481 e. The number of hydrogen-bond acceptors (Lipinski definition) is 4. The standard InChI is InChI=1S/C14H16N2O4/c1-20-12-9(3-2-6-15-12)13(17)16-8-4-5-11(16)10(7-8)14(18)19/h2-3,6,8,10-11H,4-5,7H2,1H3,(H,18,19). The summed E-state index contributed by atoms with van der Waals surface area (Å²) in [6.45, 7) is 0. The first-order valence-electron chi connectivity index (χ1n) is 6.68. The second kappa shape index (κ2) is 4.77. The Bertz CT molecular complexity index is 560. The van der Waals surface area contributed by atoms with Crippen molar-refractivity contribution >= 4 is 11.9 Å². The molecule has 2 aliphatic heterocycles. The number of ether oxygens (including phenoxy) is 1. The van der Waals surface area contributed by atoms with Crippen LogP contribution in [0.25, 0.3) is 0 Å². The molecular formula is C14H16N2O4. The number of carboxylic acid groups (broad SMARTS) is 1. The number of amides is 1. The summed E-state index contributed by atoms with van der Waals surface area (Å²) in [4.78, 5) is 29.7. The molecule has 6 nitrogen and oxygen atoms in total.